The molecule has 8 heteroatoms. The smallest absolute Gasteiger partial charge is 0.168 e. The summed E-state index contributed by atoms with van der Waals surface area (Å²) in [5, 5.41) is 18.2. The van der Waals surface area contributed by atoms with E-state index >= 15 is 0 Å². The monoisotopic (exact) mass is 600 g/mol. The van der Waals surface area contributed by atoms with Gasteiger partial charge in [0.2, 0.25) is 0 Å². The molecule has 2 N–H and O–H groups in total. The van der Waals surface area contributed by atoms with Crippen molar-refractivity contribution in [2.45, 2.75) is 12.8 Å². The molecular formula is C26H38Br2N2O4. The number of hydrogen-bond donors (Lipinski definition) is 2. The maximum atomic E-state index is 12.5. The number of aliphatic hydroxyl groups is 2. The van der Waals surface area contributed by atoms with Gasteiger partial charge in [-0.05, 0) is 11.1 Å². The van der Waals surface area contributed by atoms with Crippen LogP contribution in [-0.4, -0.2) is 98.3 Å². The number of aliphatic hydroxyl groups excluding tert-OH is 2. The van der Waals surface area contributed by atoms with Gasteiger partial charge in [-0.3, -0.25) is 9.59 Å². The molecule has 0 saturated heterocycles. The number of ketones is 2. The SMILES string of the molecule is C[N+](C)(CCO)CCC(=O)c1ccc(-c2ccc(C(=O)CC[N+](C)(C)CCO)cc2)cc1.[Br-].[Br-]. The third-order valence-electron chi connectivity index (χ3n) is 6.05. The molecule has 0 radical (unpaired) electrons. The lowest BCUT2D eigenvalue weighted by molar-refractivity contribution is -0.890. The van der Waals surface area contributed by atoms with Gasteiger partial charge in [-0.2, -0.15) is 0 Å². The van der Waals surface area contributed by atoms with E-state index in [0.29, 0.717) is 59.1 Å². The maximum Gasteiger partial charge on any atom is 0.168 e. The fourth-order valence-electron chi connectivity index (χ4n) is 3.56. The Kier molecular flexibility index (Phi) is 14.2. The van der Waals surface area contributed by atoms with E-state index in [9.17, 15) is 9.59 Å². The Morgan fingerprint density at radius 1 is 0.588 bits per heavy atom. The van der Waals surface area contributed by atoms with Crippen molar-refractivity contribution in [3.8, 4) is 11.1 Å². The number of nitrogens with zero attached hydrogens (tertiary/aromatic N) is 2. The van der Waals surface area contributed by atoms with E-state index in [1.807, 2.05) is 76.7 Å². The van der Waals surface area contributed by atoms with Gasteiger partial charge >= 0.3 is 0 Å². The molecule has 0 saturated carbocycles. The molecule has 6 nitrogen and oxygen atoms in total. The van der Waals surface area contributed by atoms with E-state index in [-0.39, 0.29) is 58.7 Å². The first-order valence-corrected chi connectivity index (χ1v) is 11.2. The average molecular weight is 602 g/mol. The first-order chi connectivity index (χ1) is 15.1. The van der Waals surface area contributed by atoms with Crippen molar-refractivity contribution >= 4 is 11.6 Å². The van der Waals surface area contributed by atoms with Crippen LogP contribution in [0.5, 0.6) is 0 Å². The Bertz CT molecular complexity index is 823. The minimum Gasteiger partial charge on any atom is -1.00 e. The van der Waals surface area contributed by atoms with Crippen LogP contribution in [-0.2, 0) is 0 Å². The van der Waals surface area contributed by atoms with E-state index in [0.717, 1.165) is 11.1 Å². The van der Waals surface area contributed by atoms with E-state index in [1.165, 1.54) is 0 Å². The van der Waals surface area contributed by atoms with Crippen LogP contribution in [0.3, 0.4) is 0 Å². The molecular weight excluding hydrogens is 564 g/mol. The van der Waals surface area contributed by atoms with E-state index < -0.39 is 0 Å². The Balaban J connectivity index is 0.00000544. The zero-order chi connectivity index (χ0) is 23.8. The summed E-state index contributed by atoms with van der Waals surface area (Å²) >= 11 is 0. The van der Waals surface area contributed by atoms with Gasteiger partial charge in [0.15, 0.2) is 11.6 Å². The minimum absolute atomic E-state index is 0. The first-order valence-electron chi connectivity index (χ1n) is 11.2. The number of carbonyl (C=O) groups is 2. The highest BCUT2D eigenvalue weighted by Gasteiger charge is 2.18. The summed E-state index contributed by atoms with van der Waals surface area (Å²) in [6, 6.07) is 15.2. The molecule has 34 heavy (non-hydrogen) atoms. The lowest BCUT2D eigenvalue weighted by atomic mass is 9.99. The van der Waals surface area contributed by atoms with E-state index in [1.54, 1.807) is 0 Å². The highest BCUT2D eigenvalue weighted by atomic mass is 79.9. The van der Waals surface area contributed by atoms with Gasteiger partial charge in [0.25, 0.3) is 0 Å². The number of hydrogen-bond acceptors (Lipinski definition) is 4. The minimum atomic E-state index is 0. The maximum absolute atomic E-state index is 12.5. The van der Waals surface area contributed by atoms with Crippen LogP contribution in [0, 0.1) is 0 Å². The third kappa shape index (κ3) is 10.5. The largest absolute Gasteiger partial charge is 1.00 e. The summed E-state index contributed by atoms with van der Waals surface area (Å²) in [7, 11) is 8.04. The van der Waals surface area contributed by atoms with Crippen molar-refractivity contribution < 1.29 is 62.7 Å². The van der Waals surface area contributed by atoms with Crippen molar-refractivity contribution in [2.75, 3.05) is 67.6 Å². The lowest BCUT2D eigenvalue weighted by Crippen LogP contribution is -3.00. The summed E-state index contributed by atoms with van der Waals surface area (Å²) in [4.78, 5) is 25.0. The fraction of sp³-hybridized carbons (Fsp3) is 0.462. The second-order valence-corrected chi connectivity index (χ2v) is 9.71. The number of quaternary nitrogens is 2. The molecule has 0 atom stereocenters. The Labute approximate surface area is 224 Å². The van der Waals surface area contributed by atoms with Crippen LogP contribution < -0.4 is 34.0 Å². The number of Topliss-reactive ketones (excluding diaryl/α,β-unsaturated/α-hetero) is 2. The number of halogens is 2. The van der Waals surface area contributed by atoms with Gasteiger partial charge in [0.1, 0.15) is 13.1 Å². The molecule has 0 aliphatic carbocycles. The molecule has 190 valence electrons. The van der Waals surface area contributed by atoms with Crippen LogP contribution in [0.2, 0.25) is 0 Å². The van der Waals surface area contributed by atoms with Crippen molar-refractivity contribution in [1.82, 2.24) is 0 Å². The second-order valence-electron chi connectivity index (χ2n) is 9.71. The van der Waals surface area contributed by atoms with E-state index in [4.69, 9.17) is 10.2 Å². The molecule has 0 fully saturated rings. The first kappa shape index (κ1) is 32.6. The quantitative estimate of drug-likeness (QED) is 0.186. The summed E-state index contributed by atoms with van der Waals surface area (Å²) in [5.74, 6) is 0.202. The van der Waals surface area contributed by atoms with Crippen molar-refractivity contribution in [1.29, 1.82) is 0 Å². The molecule has 0 aromatic heterocycles. The second kappa shape index (κ2) is 14.9. The molecule has 2 aromatic rings. The van der Waals surface area contributed by atoms with Crippen LogP contribution in [0.25, 0.3) is 11.1 Å². The van der Waals surface area contributed by atoms with Crippen molar-refractivity contribution in [3.63, 3.8) is 0 Å². The third-order valence-corrected chi connectivity index (χ3v) is 6.05. The van der Waals surface area contributed by atoms with Gasteiger partial charge in [-0.1, -0.05) is 48.5 Å². The average Bonchev–Trinajstić information content (AvgIpc) is 2.76. The highest BCUT2D eigenvalue weighted by Crippen LogP contribution is 2.22. The molecule has 2 aromatic carbocycles. The van der Waals surface area contributed by atoms with Crippen molar-refractivity contribution in [3.05, 3.63) is 59.7 Å². The number of likely N-dealkylation sites (N-methyl/N-ethyl adjacent to an activating group) is 2. The predicted octanol–water partition coefficient (Wildman–Crippen LogP) is -3.36. The van der Waals surface area contributed by atoms with Crippen LogP contribution >= 0.6 is 0 Å². The predicted molar refractivity (Wildman–Crippen MR) is 128 cm³/mol. The number of carbonyl (C=O) groups excluding carboxylic acids is 2. The van der Waals surface area contributed by atoms with Crippen LogP contribution in [0.15, 0.2) is 48.5 Å². The molecule has 0 heterocycles. The van der Waals surface area contributed by atoms with Gasteiger partial charge in [-0.15, -0.1) is 0 Å². The van der Waals surface area contributed by atoms with Crippen LogP contribution in [0.1, 0.15) is 33.6 Å². The van der Waals surface area contributed by atoms with Gasteiger partial charge in [0, 0.05) is 11.1 Å². The molecule has 2 rings (SSSR count). The zero-order valence-corrected chi connectivity index (χ0v) is 23.8. The summed E-state index contributed by atoms with van der Waals surface area (Å²) in [6.07, 6.45) is 0.883. The molecule has 0 aliphatic rings. The Morgan fingerprint density at radius 2 is 0.882 bits per heavy atom. The Morgan fingerprint density at radius 3 is 1.15 bits per heavy atom. The van der Waals surface area contributed by atoms with Crippen LogP contribution in [0.4, 0.5) is 0 Å². The topological polar surface area (TPSA) is 74.6 Å². The highest BCUT2D eigenvalue weighted by molar-refractivity contribution is 5.97. The summed E-state index contributed by atoms with van der Waals surface area (Å²) in [6.45, 7) is 2.86. The normalized spacial score (nSPS) is 11.4. The number of benzene rings is 2. The lowest BCUT2D eigenvalue weighted by Gasteiger charge is -2.28. The van der Waals surface area contributed by atoms with Crippen molar-refractivity contribution in [2.24, 2.45) is 0 Å². The molecule has 0 aliphatic heterocycles. The summed E-state index contributed by atoms with van der Waals surface area (Å²) < 4.78 is 1.23. The van der Waals surface area contributed by atoms with E-state index in [2.05, 4.69) is 0 Å². The molecule has 0 bridgehead atoms. The molecule has 0 amide bonds. The van der Waals surface area contributed by atoms with Gasteiger partial charge in [0.05, 0.1) is 67.3 Å². The fourth-order valence-corrected chi connectivity index (χ4v) is 3.56. The zero-order valence-electron chi connectivity index (χ0n) is 20.6. The summed E-state index contributed by atoms with van der Waals surface area (Å²) in [5.41, 5.74) is 3.37. The molecule has 0 unspecified atom stereocenters. The van der Waals surface area contributed by atoms with Gasteiger partial charge in [-0.25, -0.2) is 0 Å². The molecule has 0 spiro atoms. The Hall–Kier alpha value is -1.42. The standard InChI is InChI=1S/C26H38N2O4.2BrH/c1-27(2,17-19-29)15-13-25(31)23-9-5-21(6-10-23)22-7-11-24(12-8-22)26(32)14-16-28(3,4)18-20-30;;/h5-12,29-30H,13-20H2,1-4H3;2*1H/q+2;;/p-2. The number of rotatable bonds is 13. The van der Waals surface area contributed by atoms with Gasteiger partial charge < -0.3 is 53.1 Å².